The maximum atomic E-state index is 12.3. The molecular weight excluding hydrogens is 192 g/mol. The molecule has 1 rings (SSSR count). The lowest BCUT2D eigenvalue weighted by atomic mass is 9.89. The molecule has 0 aliphatic carbocycles. The van der Waals surface area contributed by atoms with E-state index < -0.39 is 5.41 Å². The van der Waals surface area contributed by atoms with E-state index >= 15 is 0 Å². The first-order valence-electron chi connectivity index (χ1n) is 5.41. The van der Waals surface area contributed by atoms with Crippen LogP contribution in [0.1, 0.15) is 27.7 Å². The minimum Gasteiger partial charge on any atom is -0.377 e. The summed E-state index contributed by atoms with van der Waals surface area (Å²) in [6, 6.07) is 0. The van der Waals surface area contributed by atoms with Crippen LogP contribution in [0.15, 0.2) is 0 Å². The first kappa shape index (κ1) is 12.5. The predicted octanol–water partition coefficient (Wildman–Crippen LogP) is 0.609. The zero-order chi connectivity index (χ0) is 11.7. The molecule has 1 aliphatic rings. The highest BCUT2D eigenvalue weighted by Crippen LogP contribution is 2.26. The number of carbonyl (C=O) groups is 1. The largest absolute Gasteiger partial charge is 0.377 e. The highest BCUT2D eigenvalue weighted by atomic mass is 16.5. The molecule has 4 heteroatoms. The highest BCUT2D eigenvalue weighted by molar-refractivity contribution is 5.83. The molecule has 2 N–H and O–H groups in total. The minimum atomic E-state index is -0.478. The third-order valence-corrected chi connectivity index (χ3v) is 2.98. The van der Waals surface area contributed by atoms with Crippen LogP contribution < -0.4 is 5.73 Å². The van der Waals surface area contributed by atoms with Gasteiger partial charge in [-0.25, -0.2) is 0 Å². The standard InChI is InChI=1S/C11H22N2O2/c1-10(2,7-12)9(14)13-5-6-15-8-11(13,3)4/h5-8,12H2,1-4H3. The first-order valence-corrected chi connectivity index (χ1v) is 5.41. The van der Waals surface area contributed by atoms with E-state index in [1.54, 1.807) is 0 Å². The number of nitrogens with two attached hydrogens (primary N) is 1. The van der Waals surface area contributed by atoms with E-state index in [1.807, 2.05) is 32.6 Å². The van der Waals surface area contributed by atoms with Gasteiger partial charge < -0.3 is 15.4 Å². The maximum Gasteiger partial charge on any atom is 0.230 e. The molecule has 0 aromatic heterocycles. The number of hydrogen-bond acceptors (Lipinski definition) is 3. The van der Waals surface area contributed by atoms with Gasteiger partial charge in [0.2, 0.25) is 5.91 Å². The van der Waals surface area contributed by atoms with Gasteiger partial charge in [0, 0.05) is 13.1 Å². The van der Waals surface area contributed by atoms with E-state index in [-0.39, 0.29) is 11.4 Å². The van der Waals surface area contributed by atoms with Gasteiger partial charge in [-0.2, -0.15) is 0 Å². The van der Waals surface area contributed by atoms with Crippen molar-refractivity contribution >= 4 is 5.91 Å². The normalized spacial score (nSPS) is 21.5. The van der Waals surface area contributed by atoms with Crippen LogP contribution in [-0.4, -0.2) is 42.6 Å². The van der Waals surface area contributed by atoms with E-state index in [1.165, 1.54) is 0 Å². The van der Waals surface area contributed by atoms with Gasteiger partial charge in [0.1, 0.15) is 0 Å². The van der Waals surface area contributed by atoms with E-state index in [0.29, 0.717) is 26.3 Å². The molecule has 0 spiro atoms. The van der Waals surface area contributed by atoms with Crippen molar-refractivity contribution in [2.24, 2.45) is 11.1 Å². The van der Waals surface area contributed by atoms with Gasteiger partial charge in [-0.3, -0.25) is 4.79 Å². The van der Waals surface area contributed by atoms with Gasteiger partial charge >= 0.3 is 0 Å². The Hall–Kier alpha value is -0.610. The molecule has 15 heavy (non-hydrogen) atoms. The summed E-state index contributed by atoms with van der Waals surface area (Å²) in [5, 5.41) is 0. The number of carbonyl (C=O) groups excluding carboxylic acids is 1. The molecule has 1 aliphatic heterocycles. The maximum absolute atomic E-state index is 12.3. The lowest BCUT2D eigenvalue weighted by molar-refractivity contribution is -0.155. The van der Waals surface area contributed by atoms with E-state index in [9.17, 15) is 4.79 Å². The number of amides is 1. The van der Waals surface area contributed by atoms with E-state index in [2.05, 4.69) is 0 Å². The number of rotatable bonds is 2. The smallest absolute Gasteiger partial charge is 0.230 e. The molecule has 0 aromatic carbocycles. The molecule has 0 saturated carbocycles. The monoisotopic (exact) mass is 214 g/mol. The molecule has 0 radical (unpaired) electrons. The molecule has 0 aromatic rings. The summed E-state index contributed by atoms with van der Waals surface area (Å²) in [7, 11) is 0. The van der Waals surface area contributed by atoms with Crippen LogP contribution in [0, 0.1) is 5.41 Å². The third-order valence-electron chi connectivity index (χ3n) is 2.98. The van der Waals surface area contributed by atoms with Gasteiger partial charge in [-0.15, -0.1) is 0 Å². The Bertz CT molecular complexity index is 249. The van der Waals surface area contributed by atoms with Crippen LogP contribution in [0.2, 0.25) is 0 Å². The second kappa shape index (κ2) is 4.10. The number of ether oxygens (including phenoxy) is 1. The third kappa shape index (κ3) is 2.49. The molecule has 0 atom stereocenters. The summed E-state index contributed by atoms with van der Waals surface area (Å²) in [6.45, 7) is 10.1. The van der Waals surface area contributed by atoms with Gasteiger partial charge in [0.25, 0.3) is 0 Å². The molecule has 0 unspecified atom stereocenters. The lowest BCUT2D eigenvalue weighted by Crippen LogP contribution is -2.59. The molecule has 1 amide bonds. The fraction of sp³-hybridized carbons (Fsp3) is 0.909. The zero-order valence-corrected chi connectivity index (χ0v) is 10.2. The Morgan fingerprint density at radius 3 is 2.60 bits per heavy atom. The second-order valence-electron chi connectivity index (χ2n) is 5.41. The van der Waals surface area contributed by atoms with Crippen molar-refractivity contribution in [3.63, 3.8) is 0 Å². The number of nitrogens with zero attached hydrogens (tertiary/aromatic N) is 1. The molecule has 1 fully saturated rings. The fourth-order valence-electron chi connectivity index (χ4n) is 1.69. The minimum absolute atomic E-state index is 0.123. The number of morpholine rings is 1. The molecular formula is C11H22N2O2. The van der Waals surface area contributed by atoms with E-state index in [4.69, 9.17) is 10.5 Å². The first-order chi connectivity index (χ1) is 6.81. The summed E-state index contributed by atoms with van der Waals surface area (Å²) in [6.07, 6.45) is 0. The predicted molar refractivity (Wildman–Crippen MR) is 59.4 cm³/mol. The van der Waals surface area contributed by atoms with Gasteiger partial charge in [-0.05, 0) is 27.7 Å². The summed E-state index contributed by atoms with van der Waals surface area (Å²) in [5.74, 6) is 0.123. The summed E-state index contributed by atoms with van der Waals surface area (Å²) >= 11 is 0. The Kier molecular flexibility index (Phi) is 3.41. The van der Waals surface area contributed by atoms with Crippen molar-refractivity contribution in [1.29, 1.82) is 0 Å². The van der Waals surface area contributed by atoms with Crippen molar-refractivity contribution in [3.05, 3.63) is 0 Å². The second-order valence-corrected chi connectivity index (χ2v) is 5.41. The Morgan fingerprint density at radius 2 is 2.13 bits per heavy atom. The van der Waals surface area contributed by atoms with Crippen molar-refractivity contribution < 1.29 is 9.53 Å². The van der Waals surface area contributed by atoms with Crippen LogP contribution in [0.5, 0.6) is 0 Å². The van der Waals surface area contributed by atoms with Crippen LogP contribution in [0.4, 0.5) is 0 Å². The van der Waals surface area contributed by atoms with Crippen molar-refractivity contribution in [1.82, 2.24) is 4.90 Å². The summed E-state index contributed by atoms with van der Waals surface area (Å²) < 4.78 is 5.39. The van der Waals surface area contributed by atoms with Gasteiger partial charge in [0.05, 0.1) is 24.2 Å². The number of hydrogen-bond donors (Lipinski definition) is 1. The van der Waals surface area contributed by atoms with Crippen molar-refractivity contribution in [2.45, 2.75) is 33.2 Å². The molecule has 1 heterocycles. The Balaban J connectivity index is 2.82. The Morgan fingerprint density at radius 1 is 1.53 bits per heavy atom. The molecule has 4 nitrogen and oxygen atoms in total. The molecule has 0 bridgehead atoms. The summed E-state index contributed by atoms with van der Waals surface area (Å²) in [4.78, 5) is 14.1. The molecule has 88 valence electrons. The fourth-order valence-corrected chi connectivity index (χ4v) is 1.69. The van der Waals surface area contributed by atoms with Crippen LogP contribution >= 0.6 is 0 Å². The topological polar surface area (TPSA) is 55.6 Å². The van der Waals surface area contributed by atoms with Gasteiger partial charge in [0.15, 0.2) is 0 Å². The van der Waals surface area contributed by atoms with Crippen LogP contribution in [0.3, 0.4) is 0 Å². The zero-order valence-electron chi connectivity index (χ0n) is 10.2. The average Bonchev–Trinajstić information content (AvgIpc) is 2.16. The Labute approximate surface area is 91.8 Å². The average molecular weight is 214 g/mol. The van der Waals surface area contributed by atoms with Crippen LogP contribution in [-0.2, 0) is 9.53 Å². The van der Waals surface area contributed by atoms with Crippen molar-refractivity contribution in [3.8, 4) is 0 Å². The van der Waals surface area contributed by atoms with Crippen molar-refractivity contribution in [2.75, 3.05) is 26.3 Å². The van der Waals surface area contributed by atoms with Crippen LogP contribution in [0.25, 0.3) is 0 Å². The highest BCUT2D eigenvalue weighted by Gasteiger charge is 2.40. The SMILES string of the molecule is CC(C)(CN)C(=O)N1CCOCC1(C)C. The van der Waals surface area contributed by atoms with E-state index in [0.717, 1.165) is 0 Å². The van der Waals surface area contributed by atoms with Gasteiger partial charge in [-0.1, -0.05) is 0 Å². The summed E-state index contributed by atoms with van der Waals surface area (Å²) in [5.41, 5.74) is 4.93. The molecule has 1 saturated heterocycles. The lowest BCUT2D eigenvalue weighted by Gasteiger charge is -2.45. The quantitative estimate of drug-likeness (QED) is 0.732.